The number of para-hydroxylation sites is 1. The molecule has 3 heteroatoms. The molecule has 0 aliphatic rings. The SMILES string of the molecule is CC(=O)Nc1ccccc1[C@@H](O)c1ccccc1. The number of amides is 1. The maximum atomic E-state index is 11.1. The first-order chi connectivity index (χ1) is 8.68. The quantitative estimate of drug-likeness (QED) is 0.868. The summed E-state index contributed by atoms with van der Waals surface area (Å²) in [5, 5.41) is 13.1. The highest BCUT2D eigenvalue weighted by Crippen LogP contribution is 2.27. The van der Waals surface area contributed by atoms with Crippen molar-refractivity contribution in [3.05, 3.63) is 65.7 Å². The van der Waals surface area contributed by atoms with E-state index >= 15 is 0 Å². The average Bonchev–Trinajstić information content (AvgIpc) is 2.39. The predicted molar refractivity (Wildman–Crippen MR) is 71.2 cm³/mol. The predicted octanol–water partition coefficient (Wildman–Crippen LogP) is 2.73. The number of carbonyl (C=O) groups excluding carboxylic acids is 1. The third-order valence-electron chi connectivity index (χ3n) is 2.68. The van der Waals surface area contributed by atoms with E-state index < -0.39 is 6.10 Å². The van der Waals surface area contributed by atoms with E-state index in [0.717, 1.165) is 5.56 Å². The second kappa shape index (κ2) is 5.47. The Balaban J connectivity index is 2.36. The Labute approximate surface area is 106 Å². The van der Waals surface area contributed by atoms with Crippen LogP contribution in [0.5, 0.6) is 0 Å². The molecule has 92 valence electrons. The van der Waals surface area contributed by atoms with Crippen LogP contribution < -0.4 is 5.32 Å². The maximum absolute atomic E-state index is 11.1. The molecule has 0 bridgehead atoms. The van der Waals surface area contributed by atoms with E-state index in [1.165, 1.54) is 6.92 Å². The van der Waals surface area contributed by atoms with Crippen LogP contribution in [0, 0.1) is 0 Å². The molecule has 0 saturated heterocycles. The first-order valence-corrected chi connectivity index (χ1v) is 5.78. The van der Waals surface area contributed by atoms with Crippen molar-refractivity contribution in [1.82, 2.24) is 0 Å². The molecule has 1 atom stereocenters. The minimum Gasteiger partial charge on any atom is -0.384 e. The van der Waals surface area contributed by atoms with Crippen molar-refractivity contribution in [2.45, 2.75) is 13.0 Å². The number of anilines is 1. The highest BCUT2D eigenvalue weighted by atomic mass is 16.3. The Morgan fingerprint density at radius 1 is 1.06 bits per heavy atom. The molecule has 0 aliphatic carbocycles. The van der Waals surface area contributed by atoms with Crippen LogP contribution in [-0.2, 0) is 4.79 Å². The van der Waals surface area contributed by atoms with E-state index in [1.54, 1.807) is 6.07 Å². The molecule has 2 rings (SSSR count). The van der Waals surface area contributed by atoms with E-state index in [9.17, 15) is 9.90 Å². The lowest BCUT2D eigenvalue weighted by Crippen LogP contribution is -2.10. The van der Waals surface area contributed by atoms with Gasteiger partial charge in [-0.2, -0.15) is 0 Å². The molecule has 2 aromatic rings. The topological polar surface area (TPSA) is 49.3 Å². The summed E-state index contributed by atoms with van der Waals surface area (Å²) in [6.45, 7) is 1.45. The number of hydrogen-bond acceptors (Lipinski definition) is 2. The first-order valence-electron chi connectivity index (χ1n) is 5.78. The van der Waals surface area contributed by atoms with Crippen molar-refractivity contribution >= 4 is 11.6 Å². The third kappa shape index (κ3) is 2.76. The minimum absolute atomic E-state index is 0.150. The molecule has 0 saturated carbocycles. The standard InChI is InChI=1S/C15H15NO2/c1-11(17)16-14-10-6-5-9-13(14)15(18)12-7-3-2-4-8-12/h2-10,15,18H,1H3,(H,16,17)/t15-/m0/s1. The molecule has 1 amide bonds. The van der Waals surface area contributed by atoms with Gasteiger partial charge in [-0.05, 0) is 11.6 Å². The van der Waals surface area contributed by atoms with E-state index in [2.05, 4.69) is 5.32 Å². The fraction of sp³-hybridized carbons (Fsp3) is 0.133. The Bertz CT molecular complexity index is 537. The van der Waals surface area contributed by atoms with Gasteiger partial charge >= 0.3 is 0 Å². The van der Waals surface area contributed by atoms with Crippen LogP contribution in [0.25, 0.3) is 0 Å². The van der Waals surface area contributed by atoms with Crippen LogP contribution in [0.2, 0.25) is 0 Å². The van der Waals surface area contributed by atoms with Crippen molar-refractivity contribution in [1.29, 1.82) is 0 Å². The molecule has 0 heterocycles. The Hall–Kier alpha value is -2.13. The second-order valence-corrected chi connectivity index (χ2v) is 4.08. The normalized spacial score (nSPS) is 11.9. The Kier molecular flexibility index (Phi) is 3.75. The van der Waals surface area contributed by atoms with E-state index in [1.807, 2.05) is 48.5 Å². The minimum atomic E-state index is -0.741. The largest absolute Gasteiger partial charge is 0.384 e. The van der Waals surface area contributed by atoms with Crippen molar-refractivity contribution in [2.75, 3.05) is 5.32 Å². The number of aliphatic hydroxyl groups is 1. The van der Waals surface area contributed by atoms with Crippen molar-refractivity contribution in [3.63, 3.8) is 0 Å². The second-order valence-electron chi connectivity index (χ2n) is 4.08. The summed E-state index contributed by atoms with van der Waals surface area (Å²) in [6.07, 6.45) is -0.741. The van der Waals surface area contributed by atoms with Gasteiger partial charge in [0, 0.05) is 18.2 Å². The average molecular weight is 241 g/mol. The van der Waals surface area contributed by atoms with Gasteiger partial charge < -0.3 is 10.4 Å². The molecule has 2 N–H and O–H groups in total. The fourth-order valence-electron chi connectivity index (χ4n) is 1.85. The zero-order chi connectivity index (χ0) is 13.0. The molecule has 3 nitrogen and oxygen atoms in total. The summed E-state index contributed by atoms with van der Waals surface area (Å²) in [6, 6.07) is 16.6. The van der Waals surface area contributed by atoms with Crippen LogP contribution in [0.15, 0.2) is 54.6 Å². The maximum Gasteiger partial charge on any atom is 0.221 e. The number of carbonyl (C=O) groups is 1. The summed E-state index contributed by atoms with van der Waals surface area (Å²) >= 11 is 0. The van der Waals surface area contributed by atoms with Gasteiger partial charge in [-0.1, -0.05) is 48.5 Å². The van der Waals surface area contributed by atoms with Crippen molar-refractivity contribution in [3.8, 4) is 0 Å². The molecule has 2 aromatic carbocycles. The molecule has 0 spiro atoms. The lowest BCUT2D eigenvalue weighted by Gasteiger charge is -2.16. The number of rotatable bonds is 3. The Morgan fingerprint density at radius 3 is 2.33 bits per heavy atom. The lowest BCUT2D eigenvalue weighted by molar-refractivity contribution is -0.114. The number of hydrogen-bond donors (Lipinski definition) is 2. The van der Waals surface area contributed by atoms with Gasteiger partial charge in [0.05, 0.1) is 0 Å². The van der Waals surface area contributed by atoms with Gasteiger partial charge in [0.2, 0.25) is 5.91 Å². The van der Waals surface area contributed by atoms with Gasteiger partial charge in [0.15, 0.2) is 0 Å². The van der Waals surface area contributed by atoms with Gasteiger partial charge in [-0.3, -0.25) is 4.79 Å². The molecular weight excluding hydrogens is 226 g/mol. The summed E-state index contributed by atoms with van der Waals surface area (Å²) in [5.41, 5.74) is 2.13. The van der Waals surface area contributed by atoms with Gasteiger partial charge in [-0.15, -0.1) is 0 Å². The van der Waals surface area contributed by atoms with Crippen LogP contribution in [0.3, 0.4) is 0 Å². The highest BCUT2D eigenvalue weighted by molar-refractivity contribution is 5.89. The molecule has 0 aromatic heterocycles. The molecular formula is C15H15NO2. The Morgan fingerprint density at radius 2 is 1.67 bits per heavy atom. The summed E-state index contributed by atoms with van der Waals surface area (Å²) < 4.78 is 0. The summed E-state index contributed by atoms with van der Waals surface area (Å²) in [7, 11) is 0. The number of aliphatic hydroxyl groups excluding tert-OH is 1. The number of nitrogens with one attached hydrogen (secondary N) is 1. The van der Waals surface area contributed by atoms with Crippen LogP contribution in [-0.4, -0.2) is 11.0 Å². The smallest absolute Gasteiger partial charge is 0.221 e. The van der Waals surface area contributed by atoms with Gasteiger partial charge in [0.1, 0.15) is 6.10 Å². The monoisotopic (exact) mass is 241 g/mol. The van der Waals surface area contributed by atoms with E-state index in [-0.39, 0.29) is 5.91 Å². The fourth-order valence-corrected chi connectivity index (χ4v) is 1.85. The molecule has 0 unspecified atom stereocenters. The molecule has 0 radical (unpaired) electrons. The summed E-state index contributed by atoms with van der Waals surface area (Å²) in [4.78, 5) is 11.1. The molecule has 18 heavy (non-hydrogen) atoms. The highest BCUT2D eigenvalue weighted by Gasteiger charge is 2.14. The zero-order valence-electron chi connectivity index (χ0n) is 10.1. The van der Waals surface area contributed by atoms with Crippen LogP contribution >= 0.6 is 0 Å². The molecule has 0 fully saturated rings. The van der Waals surface area contributed by atoms with E-state index in [0.29, 0.717) is 11.3 Å². The zero-order valence-corrected chi connectivity index (χ0v) is 10.1. The van der Waals surface area contributed by atoms with Crippen molar-refractivity contribution in [2.24, 2.45) is 0 Å². The first kappa shape index (κ1) is 12.3. The summed E-state index contributed by atoms with van der Waals surface area (Å²) in [5.74, 6) is -0.150. The van der Waals surface area contributed by atoms with Crippen LogP contribution in [0.1, 0.15) is 24.2 Å². The van der Waals surface area contributed by atoms with Gasteiger partial charge in [-0.25, -0.2) is 0 Å². The van der Waals surface area contributed by atoms with E-state index in [4.69, 9.17) is 0 Å². The van der Waals surface area contributed by atoms with Crippen LogP contribution in [0.4, 0.5) is 5.69 Å². The van der Waals surface area contributed by atoms with Crippen molar-refractivity contribution < 1.29 is 9.90 Å². The van der Waals surface area contributed by atoms with Gasteiger partial charge in [0.25, 0.3) is 0 Å². The number of benzene rings is 2. The third-order valence-corrected chi connectivity index (χ3v) is 2.68. The lowest BCUT2D eigenvalue weighted by atomic mass is 10.00. The molecule has 0 aliphatic heterocycles.